The Labute approximate surface area is 168 Å². The highest BCUT2D eigenvalue weighted by molar-refractivity contribution is 5.51. The van der Waals surface area contributed by atoms with E-state index in [4.69, 9.17) is 5.26 Å². The molecule has 0 amide bonds. The molecule has 2 aromatic heterocycles. The summed E-state index contributed by atoms with van der Waals surface area (Å²) in [7, 11) is 0. The average Bonchev–Trinajstić information content (AvgIpc) is 2.79. The number of benzene rings is 1. The van der Waals surface area contributed by atoms with Crippen LogP contribution in [0.25, 0.3) is 0 Å². The quantitative estimate of drug-likeness (QED) is 0.719. The number of anilines is 3. The Bertz CT molecular complexity index is 1010. The average molecular weight is 389 g/mol. The normalized spacial score (nSPS) is 13.8. The zero-order valence-corrected chi connectivity index (χ0v) is 15.8. The van der Waals surface area contributed by atoms with Crippen molar-refractivity contribution in [2.24, 2.45) is 0 Å². The molecule has 0 saturated carbocycles. The fourth-order valence-electron chi connectivity index (χ4n) is 3.32. The highest BCUT2D eigenvalue weighted by Crippen LogP contribution is 2.20. The molecule has 1 N–H and O–H groups in total. The van der Waals surface area contributed by atoms with Gasteiger partial charge in [-0.1, -0.05) is 0 Å². The van der Waals surface area contributed by atoms with Crippen LogP contribution in [0, 0.1) is 17.1 Å². The predicted molar refractivity (Wildman–Crippen MR) is 109 cm³/mol. The van der Waals surface area contributed by atoms with Gasteiger partial charge in [0.2, 0.25) is 0 Å². The van der Waals surface area contributed by atoms with Gasteiger partial charge >= 0.3 is 0 Å². The highest BCUT2D eigenvalue weighted by atomic mass is 19.1. The van der Waals surface area contributed by atoms with Crippen LogP contribution in [-0.4, -0.2) is 41.1 Å². The topological polar surface area (TPSA) is 81.0 Å². The molecule has 0 aliphatic carbocycles. The molecular weight excluding hydrogens is 369 g/mol. The van der Waals surface area contributed by atoms with Crippen LogP contribution in [0.15, 0.2) is 55.0 Å². The summed E-state index contributed by atoms with van der Waals surface area (Å²) in [5.74, 6) is 1.18. The van der Waals surface area contributed by atoms with Crippen LogP contribution < -0.4 is 15.1 Å². The fraction of sp³-hybridized carbons (Fsp3) is 0.238. The van der Waals surface area contributed by atoms with Crippen LogP contribution in [-0.2, 0) is 6.54 Å². The second-order valence-electron chi connectivity index (χ2n) is 6.69. The van der Waals surface area contributed by atoms with Crippen LogP contribution in [0.1, 0.15) is 11.3 Å². The number of hydrogen-bond acceptors (Lipinski definition) is 7. The Kier molecular flexibility index (Phi) is 5.47. The molecule has 0 radical (unpaired) electrons. The van der Waals surface area contributed by atoms with E-state index in [1.54, 1.807) is 12.4 Å². The summed E-state index contributed by atoms with van der Waals surface area (Å²) in [6, 6.07) is 12.6. The number of nitrogens with one attached hydrogen (secondary N) is 1. The minimum atomic E-state index is -0.217. The van der Waals surface area contributed by atoms with Gasteiger partial charge in [0, 0.05) is 57.0 Å². The van der Waals surface area contributed by atoms with Crippen LogP contribution in [0.3, 0.4) is 0 Å². The van der Waals surface area contributed by atoms with Gasteiger partial charge in [-0.15, -0.1) is 0 Å². The van der Waals surface area contributed by atoms with E-state index in [9.17, 15) is 4.39 Å². The van der Waals surface area contributed by atoms with E-state index in [0.717, 1.165) is 43.2 Å². The summed E-state index contributed by atoms with van der Waals surface area (Å²) >= 11 is 0. The molecule has 146 valence electrons. The number of halogens is 1. The van der Waals surface area contributed by atoms with Crippen LogP contribution in [0.4, 0.5) is 21.7 Å². The first-order valence-corrected chi connectivity index (χ1v) is 9.38. The lowest BCUT2D eigenvalue weighted by Gasteiger charge is -2.36. The molecule has 1 saturated heterocycles. The van der Waals surface area contributed by atoms with Gasteiger partial charge in [-0.05, 0) is 42.0 Å². The van der Waals surface area contributed by atoms with E-state index in [1.165, 1.54) is 18.3 Å². The highest BCUT2D eigenvalue weighted by Gasteiger charge is 2.18. The summed E-state index contributed by atoms with van der Waals surface area (Å²) in [6.07, 6.45) is 4.85. The maximum absolute atomic E-state index is 13.1. The van der Waals surface area contributed by atoms with E-state index < -0.39 is 0 Å². The largest absolute Gasteiger partial charge is 0.368 e. The molecule has 3 heterocycles. The Morgan fingerprint density at radius 1 is 0.931 bits per heavy atom. The molecule has 0 atom stereocenters. The standard InChI is InChI=1S/C21H20FN7/c22-17-1-3-18(4-2-17)28-9-11-29(12-10-28)20-13-16(5-6-25-20)15-27-21-19(14-23)24-7-8-26-21/h1-8,13H,9-12,15H2,(H,26,27). The van der Waals surface area contributed by atoms with Crippen molar-refractivity contribution in [2.75, 3.05) is 41.3 Å². The van der Waals surface area contributed by atoms with Gasteiger partial charge in [0.1, 0.15) is 17.7 Å². The van der Waals surface area contributed by atoms with Crippen molar-refractivity contribution < 1.29 is 4.39 Å². The van der Waals surface area contributed by atoms with Gasteiger partial charge in [-0.3, -0.25) is 0 Å². The van der Waals surface area contributed by atoms with E-state index in [0.29, 0.717) is 12.4 Å². The molecule has 3 aromatic rings. The van der Waals surface area contributed by atoms with E-state index >= 15 is 0 Å². The SMILES string of the molecule is N#Cc1nccnc1NCc1ccnc(N2CCN(c3ccc(F)cc3)CC2)c1. The molecule has 29 heavy (non-hydrogen) atoms. The van der Waals surface area contributed by atoms with Gasteiger partial charge in [0.15, 0.2) is 11.5 Å². The van der Waals surface area contributed by atoms with Gasteiger partial charge in [-0.2, -0.15) is 5.26 Å². The number of piperazine rings is 1. The van der Waals surface area contributed by atoms with Gasteiger partial charge in [0.25, 0.3) is 0 Å². The molecule has 1 aliphatic rings. The Balaban J connectivity index is 1.38. The Morgan fingerprint density at radius 2 is 1.66 bits per heavy atom. The zero-order valence-electron chi connectivity index (χ0n) is 15.8. The van der Waals surface area contributed by atoms with Crippen molar-refractivity contribution in [3.8, 4) is 6.07 Å². The van der Waals surface area contributed by atoms with Crippen molar-refractivity contribution >= 4 is 17.3 Å². The van der Waals surface area contributed by atoms with E-state index in [2.05, 4.69) is 30.1 Å². The Hall–Kier alpha value is -3.73. The van der Waals surface area contributed by atoms with Crippen molar-refractivity contribution in [3.05, 3.63) is 72.1 Å². The van der Waals surface area contributed by atoms with E-state index in [1.807, 2.05) is 30.3 Å². The van der Waals surface area contributed by atoms with Gasteiger partial charge < -0.3 is 15.1 Å². The molecule has 0 unspecified atom stereocenters. The van der Waals surface area contributed by atoms with Crippen LogP contribution in [0.2, 0.25) is 0 Å². The number of nitrogens with zero attached hydrogens (tertiary/aromatic N) is 6. The monoisotopic (exact) mass is 389 g/mol. The van der Waals surface area contributed by atoms with Crippen LogP contribution >= 0.6 is 0 Å². The van der Waals surface area contributed by atoms with E-state index in [-0.39, 0.29) is 11.5 Å². The molecule has 1 aliphatic heterocycles. The first-order chi connectivity index (χ1) is 14.2. The summed E-state index contributed by atoms with van der Waals surface area (Å²) in [5.41, 5.74) is 2.36. The maximum atomic E-state index is 13.1. The Morgan fingerprint density at radius 3 is 2.41 bits per heavy atom. The number of rotatable bonds is 5. The molecule has 0 spiro atoms. The first kappa shape index (κ1) is 18.6. The minimum absolute atomic E-state index is 0.217. The molecule has 1 aromatic carbocycles. The fourth-order valence-corrected chi connectivity index (χ4v) is 3.32. The molecule has 4 rings (SSSR count). The summed E-state index contributed by atoms with van der Waals surface area (Å²) in [5, 5.41) is 12.3. The first-order valence-electron chi connectivity index (χ1n) is 9.38. The zero-order chi connectivity index (χ0) is 20.1. The third-order valence-electron chi connectivity index (χ3n) is 4.87. The number of hydrogen-bond donors (Lipinski definition) is 1. The van der Waals surface area contributed by atoms with Crippen molar-refractivity contribution in [1.82, 2.24) is 15.0 Å². The second kappa shape index (κ2) is 8.52. The molecule has 0 bridgehead atoms. The molecule has 8 heteroatoms. The lowest BCUT2D eigenvalue weighted by Crippen LogP contribution is -2.46. The molecule has 1 fully saturated rings. The maximum Gasteiger partial charge on any atom is 0.182 e. The summed E-state index contributed by atoms with van der Waals surface area (Å²) in [4.78, 5) is 17.2. The lowest BCUT2D eigenvalue weighted by atomic mass is 10.2. The summed E-state index contributed by atoms with van der Waals surface area (Å²) in [6.45, 7) is 3.90. The number of aromatic nitrogens is 3. The van der Waals surface area contributed by atoms with Crippen molar-refractivity contribution in [1.29, 1.82) is 5.26 Å². The van der Waals surface area contributed by atoms with Gasteiger partial charge in [-0.25, -0.2) is 19.3 Å². The summed E-state index contributed by atoms with van der Waals surface area (Å²) < 4.78 is 13.1. The van der Waals surface area contributed by atoms with Crippen LogP contribution in [0.5, 0.6) is 0 Å². The molecular formula is C21H20FN7. The van der Waals surface area contributed by atoms with Crippen molar-refractivity contribution in [3.63, 3.8) is 0 Å². The number of pyridine rings is 1. The third-order valence-corrected chi connectivity index (χ3v) is 4.87. The second-order valence-corrected chi connectivity index (χ2v) is 6.69. The lowest BCUT2D eigenvalue weighted by molar-refractivity contribution is 0.624. The number of nitriles is 1. The molecule has 7 nitrogen and oxygen atoms in total. The minimum Gasteiger partial charge on any atom is -0.368 e. The third kappa shape index (κ3) is 4.41. The van der Waals surface area contributed by atoms with Gasteiger partial charge in [0.05, 0.1) is 0 Å². The smallest absolute Gasteiger partial charge is 0.182 e. The van der Waals surface area contributed by atoms with Crippen molar-refractivity contribution in [2.45, 2.75) is 6.54 Å². The predicted octanol–water partition coefficient (Wildman–Crippen LogP) is 2.82.